The molecule has 41 heavy (non-hydrogen) atoms. The Kier molecular flexibility index (Phi) is 12.6. The number of aliphatic imine (C=N–C) groups is 1. The van der Waals surface area contributed by atoms with Gasteiger partial charge >= 0.3 is 0 Å². The number of halogens is 2. The maximum atomic E-state index is 16.0. The Bertz CT molecular complexity index is 1110. The summed E-state index contributed by atoms with van der Waals surface area (Å²) in [5, 5.41) is 6.33. The lowest BCUT2D eigenvalue weighted by Crippen LogP contribution is -2.44. The molecule has 0 saturated carbocycles. The van der Waals surface area contributed by atoms with Crippen LogP contribution in [-0.4, -0.2) is 79.6 Å². The fourth-order valence-electron chi connectivity index (χ4n) is 5.81. The predicted molar refractivity (Wildman–Crippen MR) is 169 cm³/mol. The van der Waals surface area contributed by atoms with E-state index in [9.17, 15) is 0 Å². The van der Waals surface area contributed by atoms with Crippen molar-refractivity contribution in [3.8, 4) is 0 Å². The Hall–Kier alpha value is -2.97. The number of hydrogen-bond donors (Lipinski definition) is 2. The van der Waals surface area contributed by atoms with E-state index in [0.717, 1.165) is 50.5 Å². The van der Waals surface area contributed by atoms with E-state index in [2.05, 4.69) is 64.4 Å². The van der Waals surface area contributed by atoms with Gasteiger partial charge in [-0.3, -0.25) is 10.3 Å². The molecule has 2 fully saturated rings. The third kappa shape index (κ3) is 8.52. The molecule has 8 heteroatoms. The molecule has 226 valence electrons. The van der Waals surface area contributed by atoms with Crippen LogP contribution in [0.1, 0.15) is 53.4 Å². The first-order chi connectivity index (χ1) is 19.7. The van der Waals surface area contributed by atoms with Gasteiger partial charge in [-0.15, -0.1) is 0 Å². The summed E-state index contributed by atoms with van der Waals surface area (Å²) >= 11 is 0. The van der Waals surface area contributed by atoms with Gasteiger partial charge in [-0.25, -0.2) is 8.78 Å². The molecule has 0 aliphatic carbocycles. The second-order valence-electron chi connectivity index (χ2n) is 11.2. The topological polar surface area (TPSA) is 46.1 Å². The number of allylic oxidation sites excluding steroid dienone is 9. The molecular formula is C33H50F2N6. The molecule has 0 aromatic rings. The maximum absolute atomic E-state index is 16.0. The van der Waals surface area contributed by atoms with Crippen molar-refractivity contribution in [2.45, 2.75) is 65.6 Å². The standard InChI is InChI=1S/C33H50F2N6/c1-8-12-28(40-19-17-39(7)18-20-40)22-36-23-38-33-32(35)29(24(4)13-11-16-37-33)15-14-27(9-2)31(34)30-21-25(5)41(10-3)26(30)6/h8-9,11-12,16,22,24-25,33,37-38H,1,6,10,13-15,17-21,23H2,2-5,7H3/b16-11+,27-9-,28-12+,31-30+,32-29?,36-22?/t24?,25-,33?/m1/s1. The van der Waals surface area contributed by atoms with Gasteiger partial charge < -0.3 is 20.0 Å². The highest BCUT2D eigenvalue weighted by molar-refractivity contribution is 5.78. The van der Waals surface area contributed by atoms with Crippen LogP contribution in [0, 0.1) is 5.92 Å². The molecule has 2 unspecified atom stereocenters. The van der Waals surface area contributed by atoms with Crippen molar-refractivity contribution in [2.75, 3.05) is 46.4 Å². The van der Waals surface area contributed by atoms with E-state index in [1.54, 1.807) is 12.3 Å². The number of hydrogen-bond acceptors (Lipinski definition) is 6. The Morgan fingerprint density at radius 3 is 2.61 bits per heavy atom. The summed E-state index contributed by atoms with van der Waals surface area (Å²) in [5.74, 6) is -0.436. The largest absolute Gasteiger partial charge is 0.370 e. The van der Waals surface area contributed by atoms with Gasteiger partial charge in [0.2, 0.25) is 0 Å². The Balaban J connectivity index is 1.69. The van der Waals surface area contributed by atoms with Gasteiger partial charge in [0.25, 0.3) is 0 Å². The lowest BCUT2D eigenvalue weighted by Gasteiger charge is -2.34. The number of nitrogens with one attached hydrogen (secondary N) is 2. The first-order valence-electron chi connectivity index (χ1n) is 15.0. The van der Waals surface area contributed by atoms with Crippen LogP contribution in [0.25, 0.3) is 0 Å². The summed E-state index contributed by atoms with van der Waals surface area (Å²) in [7, 11) is 2.12. The van der Waals surface area contributed by atoms with Crippen molar-refractivity contribution in [3.63, 3.8) is 0 Å². The third-order valence-corrected chi connectivity index (χ3v) is 8.42. The molecular weight excluding hydrogens is 518 g/mol. The molecule has 0 bridgehead atoms. The van der Waals surface area contributed by atoms with Gasteiger partial charge in [-0.05, 0) is 82.8 Å². The minimum absolute atomic E-state index is 0.00591. The number of likely N-dealkylation sites (N-methyl/N-ethyl adjacent to an activating group) is 2. The first kappa shape index (κ1) is 32.5. The normalized spacial score (nSPS) is 27.3. The average molecular weight is 569 g/mol. The van der Waals surface area contributed by atoms with Gasteiger partial charge in [0.1, 0.15) is 17.8 Å². The zero-order valence-corrected chi connectivity index (χ0v) is 25.7. The summed E-state index contributed by atoms with van der Waals surface area (Å²) in [6.45, 7) is 20.9. The molecule has 6 nitrogen and oxygen atoms in total. The second kappa shape index (κ2) is 15.9. The van der Waals surface area contributed by atoms with E-state index in [1.165, 1.54) is 0 Å². The van der Waals surface area contributed by atoms with Crippen molar-refractivity contribution in [3.05, 3.63) is 83.4 Å². The number of rotatable bonds is 11. The fourth-order valence-corrected chi connectivity index (χ4v) is 5.81. The van der Waals surface area contributed by atoms with Gasteiger partial charge in [-0.1, -0.05) is 38.3 Å². The molecule has 0 radical (unpaired) electrons. The lowest BCUT2D eigenvalue weighted by molar-refractivity contribution is 0.193. The van der Waals surface area contributed by atoms with Crippen molar-refractivity contribution in [1.29, 1.82) is 0 Å². The third-order valence-electron chi connectivity index (χ3n) is 8.42. The van der Waals surface area contributed by atoms with Crippen molar-refractivity contribution in [2.24, 2.45) is 10.9 Å². The Morgan fingerprint density at radius 2 is 1.98 bits per heavy atom. The second-order valence-corrected chi connectivity index (χ2v) is 11.2. The van der Waals surface area contributed by atoms with Crippen LogP contribution in [0.3, 0.4) is 0 Å². The summed E-state index contributed by atoms with van der Waals surface area (Å²) in [6, 6.07) is 0.231. The number of likely N-dealkylation sites (tertiary alicyclic amines) is 1. The quantitative estimate of drug-likeness (QED) is 0.230. The SMILES string of the molecule is C=C/C=C(\C=NCNC1N/C=C/CC(C)C(CCC(=C/C)/C(F)=C2/C[C@@H](C)N(CC)C2=C)=C1F)N1CCN(C)CC1. The Labute approximate surface area is 246 Å². The summed E-state index contributed by atoms with van der Waals surface area (Å²) in [5.41, 5.74) is 3.76. The Morgan fingerprint density at radius 1 is 1.24 bits per heavy atom. The zero-order chi connectivity index (χ0) is 29.9. The van der Waals surface area contributed by atoms with Crippen molar-refractivity contribution < 1.29 is 8.78 Å². The maximum Gasteiger partial charge on any atom is 0.136 e. The van der Waals surface area contributed by atoms with Gasteiger partial charge in [0.15, 0.2) is 0 Å². The summed E-state index contributed by atoms with van der Waals surface area (Å²) in [4.78, 5) is 11.3. The van der Waals surface area contributed by atoms with Gasteiger partial charge in [0.05, 0.1) is 12.4 Å². The summed E-state index contributed by atoms with van der Waals surface area (Å²) in [6.07, 6.45) is 12.7. The van der Waals surface area contributed by atoms with Crippen LogP contribution in [0.4, 0.5) is 8.78 Å². The van der Waals surface area contributed by atoms with E-state index in [4.69, 9.17) is 0 Å². The first-order valence-corrected chi connectivity index (χ1v) is 15.0. The van der Waals surface area contributed by atoms with E-state index in [0.29, 0.717) is 36.0 Å². The molecule has 0 amide bonds. The molecule has 0 aromatic carbocycles. The molecule has 0 aromatic heterocycles. The highest BCUT2D eigenvalue weighted by Crippen LogP contribution is 2.38. The molecule has 3 aliphatic heterocycles. The van der Waals surface area contributed by atoms with E-state index in [-0.39, 0.29) is 30.3 Å². The number of nitrogens with zero attached hydrogens (tertiary/aromatic N) is 4. The van der Waals surface area contributed by atoms with Crippen LogP contribution in [0.5, 0.6) is 0 Å². The van der Waals surface area contributed by atoms with Gasteiger partial charge in [-0.2, -0.15) is 0 Å². The molecule has 2 saturated heterocycles. The minimum Gasteiger partial charge on any atom is -0.370 e. The van der Waals surface area contributed by atoms with Crippen LogP contribution in [-0.2, 0) is 0 Å². The lowest BCUT2D eigenvalue weighted by atomic mass is 9.89. The average Bonchev–Trinajstić information content (AvgIpc) is 3.25. The predicted octanol–water partition coefficient (Wildman–Crippen LogP) is 6.19. The molecule has 0 spiro atoms. The van der Waals surface area contributed by atoms with Gasteiger partial charge in [0, 0.05) is 56.3 Å². The van der Waals surface area contributed by atoms with Crippen LogP contribution in [0.15, 0.2) is 88.4 Å². The van der Waals surface area contributed by atoms with E-state index < -0.39 is 6.17 Å². The van der Waals surface area contributed by atoms with Crippen LogP contribution < -0.4 is 10.6 Å². The fraction of sp³-hybridized carbons (Fsp3) is 0.545. The molecule has 3 heterocycles. The molecule has 3 aliphatic rings. The molecule has 3 rings (SSSR count). The molecule has 2 N–H and O–H groups in total. The summed E-state index contributed by atoms with van der Waals surface area (Å²) < 4.78 is 31.7. The molecule has 3 atom stereocenters. The van der Waals surface area contributed by atoms with E-state index in [1.807, 2.05) is 38.3 Å². The smallest absolute Gasteiger partial charge is 0.136 e. The zero-order valence-electron chi connectivity index (χ0n) is 25.7. The minimum atomic E-state index is -0.706. The highest BCUT2D eigenvalue weighted by atomic mass is 19.1. The monoisotopic (exact) mass is 568 g/mol. The van der Waals surface area contributed by atoms with E-state index >= 15 is 8.78 Å². The van der Waals surface area contributed by atoms with Crippen molar-refractivity contribution >= 4 is 6.21 Å². The van der Waals surface area contributed by atoms with Crippen LogP contribution in [0.2, 0.25) is 0 Å². The number of piperazine rings is 1. The van der Waals surface area contributed by atoms with Crippen molar-refractivity contribution in [1.82, 2.24) is 25.3 Å². The highest BCUT2D eigenvalue weighted by Gasteiger charge is 2.30. The van der Waals surface area contributed by atoms with Crippen LogP contribution >= 0.6 is 0 Å².